The number of benzene rings is 1. The van der Waals surface area contributed by atoms with Gasteiger partial charge in [-0.25, -0.2) is 9.78 Å². The fraction of sp³-hybridized carbons (Fsp3) is 0.200. The number of aromatic nitrogens is 1. The third-order valence-corrected chi connectivity index (χ3v) is 2.83. The second-order valence-corrected chi connectivity index (χ2v) is 4.15. The minimum absolute atomic E-state index is 0.403. The van der Waals surface area contributed by atoms with E-state index in [2.05, 4.69) is 15.0 Å². The van der Waals surface area contributed by atoms with Gasteiger partial charge in [0.05, 0.1) is 18.4 Å². The number of carbonyl (C=O) groups is 1. The number of ether oxygens (including phenoxy) is 2. The summed E-state index contributed by atoms with van der Waals surface area (Å²) < 4.78 is 10.3. The van der Waals surface area contributed by atoms with E-state index in [1.54, 1.807) is 19.1 Å². The second-order valence-electron chi connectivity index (χ2n) is 4.15. The summed E-state index contributed by atoms with van der Waals surface area (Å²) in [6.07, 6.45) is 0. The summed E-state index contributed by atoms with van der Waals surface area (Å²) in [5, 5.41) is 3.03. The van der Waals surface area contributed by atoms with Crippen LogP contribution < -0.4 is 10.1 Å². The number of esters is 1. The monoisotopic (exact) mass is 272 g/mol. The highest BCUT2D eigenvalue weighted by atomic mass is 16.5. The molecule has 1 aromatic carbocycles. The normalized spacial score (nSPS) is 9.95. The molecule has 2 rings (SSSR count). The molecule has 0 radical (unpaired) electrons. The van der Waals surface area contributed by atoms with Crippen molar-refractivity contribution >= 4 is 11.7 Å². The summed E-state index contributed by atoms with van der Waals surface area (Å²) in [5.74, 6) is 0.717. The number of anilines is 1. The molecular formula is C15H16N2O3. The molecule has 0 bridgehead atoms. The number of rotatable bonds is 4. The molecule has 0 aliphatic rings. The summed E-state index contributed by atoms with van der Waals surface area (Å²) in [5.41, 5.74) is 2.01. The Morgan fingerprint density at radius 3 is 2.40 bits per heavy atom. The molecule has 0 fully saturated rings. The van der Waals surface area contributed by atoms with Crippen LogP contribution in [0.25, 0.3) is 0 Å². The van der Waals surface area contributed by atoms with Crippen molar-refractivity contribution in [3.8, 4) is 11.6 Å². The smallest absolute Gasteiger partial charge is 0.339 e. The van der Waals surface area contributed by atoms with Crippen LogP contribution in [-0.2, 0) is 4.74 Å². The van der Waals surface area contributed by atoms with E-state index in [1.807, 2.05) is 31.3 Å². The van der Waals surface area contributed by atoms with E-state index < -0.39 is 5.97 Å². The van der Waals surface area contributed by atoms with Gasteiger partial charge in [0.15, 0.2) is 0 Å². The first-order chi connectivity index (χ1) is 9.63. The molecule has 104 valence electrons. The van der Waals surface area contributed by atoms with Crippen molar-refractivity contribution in [1.82, 2.24) is 4.98 Å². The molecule has 0 aliphatic heterocycles. The Kier molecular flexibility index (Phi) is 4.20. The lowest BCUT2D eigenvalue weighted by Crippen LogP contribution is -2.05. The fourth-order valence-corrected chi connectivity index (χ4v) is 1.73. The molecule has 0 amide bonds. The molecule has 0 saturated heterocycles. The Hall–Kier alpha value is -2.56. The van der Waals surface area contributed by atoms with Gasteiger partial charge in [-0.05, 0) is 37.3 Å². The Labute approximate surface area is 117 Å². The van der Waals surface area contributed by atoms with Gasteiger partial charge in [0.1, 0.15) is 5.75 Å². The van der Waals surface area contributed by atoms with E-state index in [4.69, 9.17) is 4.74 Å². The van der Waals surface area contributed by atoms with Crippen LogP contribution in [0.2, 0.25) is 0 Å². The largest absolute Gasteiger partial charge is 0.465 e. The number of hydrogen-bond acceptors (Lipinski definition) is 5. The minimum Gasteiger partial charge on any atom is -0.465 e. The van der Waals surface area contributed by atoms with E-state index in [-0.39, 0.29) is 0 Å². The van der Waals surface area contributed by atoms with Crippen LogP contribution in [0.1, 0.15) is 16.1 Å². The zero-order valence-electron chi connectivity index (χ0n) is 11.6. The lowest BCUT2D eigenvalue weighted by molar-refractivity contribution is 0.0599. The van der Waals surface area contributed by atoms with Gasteiger partial charge in [0, 0.05) is 18.8 Å². The average Bonchev–Trinajstić information content (AvgIpc) is 2.47. The summed E-state index contributed by atoms with van der Waals surface area (Å²) >= 11 is 0. The van der Waals surface area contributed by atoms with E-state index in [0.29, 0.717) is 22.9 Å². The van der Waals surface area contributed by atoms with Crippen LogP contribution in [0.3, 0.4) is 0 Å². The number of carbonyl (C=O) groups excluding carboxylic acids is 1. The summed E-state index contributed by atoms with van der Waals surface area (Å²) in [7, 11) is 3.20. The van der Waals surface area contributed by atoms with Gasteiger partial charge in [-0.1, -0.05) is 0 Å². The maximum Gasteiger partial charge on any atom is 0.339 e. The molecule has 20 heavy (non-hydrogen) atoms. The number of methoxy groups -OCH3 is 1. The molecule has 1 N–H and O–H groups in total. The highest BCUT2D eigenvalue weighted by Gasteiger charge is 2.11. The molecular weight excluding hydrogens is 256 g/mol. The fourth-order valence-electron chi connectivity index (χ4n) is 1.73. The van der Waals surface area contributed by atoms with Crippen molar-refractivity contribution in [2.24, 2.45) is 0 Å². The third kappa shape index (κ3) is 3.06. The van der Waals surface area contributed by atoms with Gasteiger partial charge in [-0.15, -0.1) is 0 Å². The highest BCUT2D eigenvalue weighted by molar-refractivity contribution is 5.90. The third-order valence-electron chi connectivity index (χ3n) is 2.83. The van der Waals surface area contributed by atoms with Gasteiger partial charge >= 0.3 is 5.97 Å². The zero-order chi connectivity index (χ0) is 14.5. The molecule has 0 saturated carbocycles. The Morgan fingerprint density at radius 1 is 1.15 bits per heavy atom. The first kappa shape index (κ1) is 13.9. The summed E-state index contributed by atoms with van der Waals surface area (Å²) in [6.45, 7) is 1.74. The van der Waals surface area contributed by atoms with Crippen molar-refractivity contribution in [1.29, 1.82) is 0 Å². The van der Waals surface area contributed by atoms with Crippen molar-refractivity contribution in [2.75, 3.05) is 19.5 Å². The van der Waals surface area contributed by atoms with Gasteiger partial charge in [-0.3, -0.25) is 0 Å². The van der Waals surface area contributed by atoms with Crippen LogP contribution in [0.15, 0.2) is 36.4 Å². The van der Waals surface area contributed by atoms with Crippen LogP contribution in [0, 0.1) is 6.92 Å². The number of nitrogens with one attached hydrogen (secondary N) is 1. The molecule has 2 aromatic rings. The number of nitrogens with zero attached hydrogens (tertiary/aromatic N) is 1. The molecule has 1 heterocycles. The highest BCUT2D eigenvalue weighted by Crippen LogP contribution is 2.22. The van der Waals surface area contributed by atoms with Gasteiger partial charge in [0.25, 0.3) is 0 Å². The first-order valence-corrected chi connectivity index (χ1v) is 6.15. The van der Waals surface area contributed by atoms with Gasteiger partial charge in [-0.2, -0.15) is 0 Å². The lowest BCUT2D eigenvalue weighted by Gasteiger charge is -2.08. The standard InChI is InChI=1S/C15H16N2O3/c1-10-13(15(18)19-3)8-9-14(17-10)20-12-6-4-11(16-2)5-7-12/h4-9,16H,1-3H3. The van der Waals surface area contributed by atoms with Gasteiger partial charge in [0.2, 0.25) is 5.88 Å². The number of pyridine rings is 1. The zero-order valence-corrected chi connectivity index (χ0v) is 11.6. The van der Waals surface area contributed by atoms with Crippen molar-refractivity contribution in [3.63, 3.8) is 0 Å². The van der Waals surface area contributed by atoms with E-state index in [1.165, 1.54) is 7.11 Å². The molecule has 5 heteroatoms. The average molecular weight is 272 g/mol. The predicted molar refractivity (Wildman–Crippen MR) is 76.4 cm³/mol. The molecule has 0 spiro atoms. The minimum atomic E-state index is -0.403. The predicted octanol–water partition coefficient (Wildman–Crippen LogP) is 3.01. The van der Waals surface area contributed by atoms with E-state index in [0.717, 1.165) is 5.69 Å². The summed E-state index contributed by atoms with van der Waals surface area (Å²) in [4.78, 5) is 15.7. The first-order valence-electron chi connectivity index (χ1n) is 6.15. The molecule has 0 aliphatic carbocycles. The Bertz CT molecular complexity index is 609. The van der Waals surface area contributed by atoms with E-state index in [9.17, 15) is 4.79 Å². The quantitative estimate of drug-likeness (QED) is 0.867. The van der Waals surface area contributed by atoms with Crippen molar-refractivity contribution in [2.45, 2.75) is 6.92 Å². The van der Waals surface area contributed by atoms with Gasteiger partial charge < -0.3 is 14.8 Å². The molecule has 5 nitrogen and oxygen atoms in total. The molecule has 1 aromatic heterocycles. The van der Waals surface area contributed by atoms with Crippen LogP contribution in [-0.4, -0.2) is 25.1 Å². The lowest BCUT2D eigenvalue weighted by atomic mass is 10.2. The van der Waals surface area contributed by atoms with Crippen molar-refractivity contribution in [3.05, 3.63) is 47.7 Å². The van der Waals surface area contributed by atoms with Crippen LogP contribution in [0.5, 0.6) is 11.6 Å². The number of hydrogen-bond donors (Lipinski definition) is 1. The SMILES string of the molecule is CNc1ccc(Oc2ccc(C(=O)OC)c(C)n2)cc1. The molecule has 0 atom stereocenters. The van der Waals surface area contributed by atoms with Crippen molar-refractivity contribution < 1.29 is 14.3 Å². The van der Waals surface area contributed by atoms with Crippen LogP contribution >= 0.6 is 0 Å². The second kappa shape index (κ2) is 6.06. The Morgan fingerprint density at radius 2 is 1.85 bits per heavy atom. The maximum atomic E-state index is 11.5. The topological polar surface area (TPSA) is 60.5 Å². The molecule has 0 unspecified atom stereocenters. The Balaban J connectivity index is 2.17. The summed E-state index contributed by atoms with van der Waals surface area (Å²) in [6, 6.07) is 10.8. The van der Waals surface area contributed by atoms with Crippen LogP contribution in [0.4, 0.5) is 5.69 Å². The maximum absolute atomic E-state index is 11.5. The van der Waals surface area contributed by atoms with E-state index >= 15 is 0 Å². The number of aryl methyl sites for hydroxylation is 1.